The van der Waals surface area contributed by atoms with E-state index in [-0.39, 0.29) is 6.04 Å². The summed E-state index contributed by atoms with van der Waals surface area (Å²) in [4.78, 5) is 0. The number of methoxy groups -OCH3 is 1. The van der Waals surface area contributed by atoms with Crippen LogP contribution in [-0.4, -0.2) is 7.11 Å². The minimum atomic E-state index is 0.246. The summed E-state index contributed by atoms with van der Waals surface area (Å²) in [7, 11) is 1.73. The molecule has 0 fully saturated rings. The van der Waals surface area contributed by atoms with Gasteiger partial charge >= 0.3 is 0 Å². The van der Waals surface area contributed by atoms with Gasteiger partial charge in [-0.05, 0) is 24.1 Å². The largest absolute Gasteiger partial charge is 0.496 e. The van der Waals surface area contributed by atoms with Gasteiger partial charge in [0.15, 0.2) is 0 Å². The molecule has 0 saturated carbocycles. The third-order valence-corrected chi connectivity index (χ3v) is 3.56. The lowest BCUT2D eigenvalue weighted by Crippen LogP contribution is -2.14. The normalized spacial score (nSPS) is 17.6. The van der Waals surface area contributed by atoms with Gasteiger partial charge in [0, 0.05) is 12.1 Å². The van der Waals surface area contributed by atoms with E-state index in [0.717, 1.165) is 12.3 Å². The highest BCUT2D eigenvalue weighted by molar-refractivity contribution is 5.47. The van der Waals surface area contributed by atoms with Crippen molar-refractivity contribution in [1.82, 2.24) is 5.32 Å². The van der Waals surface area contributed by atoms with Crippen LogP contribution in [0.5, 0.6) is 5.75 Å². The lowest BCUT2D eigenvalue weighted by molar-refractivity contribution is 0.405. The Labute approximate surface area is 108 Å². The number of aryl methyl sites for hydroxylation is 1. The van der Waals surface area contributed by atoms with Crippen LogP contribution in [0.1, 0.15) is 28.3 Å². The molecule has 0 bridgehead atoms. The first-order valence-electron chi connectivity index (χ1n) is 6.25. The summed E-state index contributed by atoms with van der Waals surface area (Å²) in [5.74, 6) is 0.954. The number of rotatable bonds is 2. The molecule has 0 spiro atoms. The average Bonchev–Trinajstić information content (AvgIpc) is 2.82. The van der Waals surface area contributed by atoms with Crippen LogP contribution in [0.15, 0.2) is 42.5 Å². The predicted molar refractivity (Wildman–Crippen MR) is 72.9 cm³/mol. The Hall–Kier alpha value is -1.80. The molecule has 2 heteroatoms. The van der Waals surface area contributed by atoms with Crippen molar-refractivity contribution in [2.24, 2.45) is 0 Å². The van der Waals surface area contributed by atoms with Gasteiger partial charge in [0.2, 0.25) is 0 Å². The van der Waals surface area contributed by atoms with Gasteiger partial charge in [-0.25, -0.2) is 0 Å². The van der Waals surface area contributed by atoms with Crippen LogP contribution < -0.4 is 10.1 Å². The molecule has 1 aliphatic rings. The summed E-state index contributed by atoms with van der Waals surface area (Å²) in [6, 6.07) is 15.2. The van der Waals surface area contributed by atoms with E-state index in [9.17, 15) is 0 Å². The standard InChI is InChI=1S/C16H17NO/c1-11-7-8-15(18-2)14(9-11)16-13-6-4-3-5-12(13)10-17-16/h3-9,16-17H,10H2,1-2H3. The zero-order chi connectivity index (χ0) is 12.5. The predicted octanol–water partition coefficient (Wildman–Crippen LogP) is 3.20. The average molecular weight is 239 g/mol. The summed E-state index contributed by atoms with van der Waals surface area (Å²) in [6.45, 7) is 3.04. The number of nitrogens with one attached hydrogen (secondary N) is 1. The lowest BCUT2D eigenvalue weighted by atomic mass is 9.96. The second kappa shape index (κ2) is 4.46. The van der Waals surface area contributed by atoms with Crippen LogP contribution in [0.25, 0.3) is 0 Å². The van der Waals surface area contributed by atoms with E-state index in [0.29, 0.717) is 0 Å². The fourth-order valence-corrected chi connectivity index (χ4v) is 2.66. The third-order valence-electron chi connectivity index (χ3n) is 3.56. The first-order chi connectivity index (χ1) is 8.79. The molecule has 0 radical (unpaired) electrons. The van der Waals surface area contributed by atoms with Crippen LogP contribution >= 0.6 is 0 Å². The molecule has 1 N–H and O–H groups in total. The first-order valence-corrected chi connectivity index (χ1v) is 6.25. The molecule has 0 aliphatic carbocycles. The maximum Gasteiger partial charge on any atom is 0.123 e. The lowest BCUT2D eigenvalue weighted by Gasteiger charge is -2.17. The number of fused-ring (bicyclic) bond motifs is 1. The Bertz CT molecular complexity index is 577. The topological polar surface area (TPSA) is 21.3 Å². The fraction of sp³-hybridized carbons (Fsp3) is 0.250. The summed E-state index contributed by atoms with van der Waals surface area (Å²) in [5, 5.41) is 3.56. The molecule has 0 aromatic heterocycles. The van der Waals surface area contributed by atoms with Crippen molar-refractivity contribution < 1.29 is 4.74 Å². The van der Waals surface area contributed by atoms with Crippen molar-refractivity contribution in [1.29, 1.82) is 0 Å². The Morgan fingerprint density at radius 3 is 2.78 bits per heavy atom. The minimum absolute atomic E-state index is 0.246. The second-order valence-electron chi connectivity index (χ2n) is 4.76. The number of hydrogen-bond donors (Lipinski definition) is 1. The molecule has 92 valence electrons. The zero-order valence-corrected chi connectivity index (χ0v) is 10.7. The van der Waals surface area contributed by atoms with E-state index in [1.54, 1.807) is 7.11 Å². The summed E-state index contributed by atoms with van der Waals surface area (Å²) >= 11 is 0. The van der Waals surface area contributed by atoms with E-state index < -0.39 is 0 Å². The summed E-state index contributed by atoms with van der Waals surface area (Å²) < 4.78 is 5.49. The van der Waals surface area contributed by atoms with Crippen LogP contribution in [0.2, 0.25) is 0 Å². The molecule has 2 aromatic carbocycles. The minimum Gasteiger partial charge on any atom is -0.496 e. The summed E-state index contributed by atoms with van der Waals surface area (Å²) in [6.07, 6.45) is 0. The molecule has 3 rings (SSSR count). The molecular weight excluding hydrogens is 222 g/mol. The van der Waals surface area contributed by atoms with Gasteiger partial charge in [-0.1, -0.05) is 42.0 Å². The zero-order valence-electron chi connectivity index (χ0n) is 10.7. The van der Waals surface area contributed by atoms with E-state index in [1.165, 1.54) is 22.3 Å². The van der Waals surface area contributed by atoms with Crippen molar-refractivity contribution >= 4 is 0 Å². The highest BCUT2D eigenvalue weighted by Gasteiger charge is 2.25. The van der Waals surface area contributed by atoms with Gasteiger partial charge in [0.1, 0.15) is 5.75 Å². The van der Waals surface area contributed by atoms with Gasteiger partial charge in [-0.15, -0.1) is 0 Å². The molecule has 18 heavy (non-hydrogen) atoms. The van der Waals surface area contributed by atoms with Crippen LogP contribution in [0.3, 0.4) is 0 Å². The van der Waals surface area contributed by atoms with Crippen molar-refractivity contribution in [2.45, 2.75) is 19.5 Å². The van der Waals surface area contributed by atoms with E-state index in [1.807, 2.05) is 6.07 Å². The maximum absolute atomic E-state index is 5.49. The van der Waals surface area contributed by atoms with E-state index in [2.05, 4.69) is 48.6 Å². The smallest absolute Gasteiger partial charge is 0.123 e. The molecule has 2 aromatic rings. The molecule has 1 unspecified atom stereocenters. The van der Waals surface area contributed by atoms with Crippen molar-refractivity contribution in [3.05, 3.63) is 64.7 Å². The Morgan fingerprint density at radius 1 is 1.11 bits per heavy atom. The highest BCUT2D eigenvalue weighted by Crippen LogP contribution is 2.35. The Morgan fingerprint density at radius 2 is 1.94 bits per heavy atom. The molecule has 1 atom stereocenters. The van der Waals surface area contributed by atoms with Gasteiger partial charge in [-0.2, -0.15) is 0 Å². The van der Waals surface area contributed by atoms with Crippen LogP contribution in [0, 0.1) is 6.92 Å². The summed E-state index contributed by atoms with van der Waals surface area (Å²) in [5.41, 5.74) is 5.23. The van der Waals surface area contributed by atoms with Crippen LogP contribution in [-0.2, 0) is 6.54 Å². The number of hydrogen-bond acceptors (Lipinski definition) is 2. The third kappa shape index (κ3) is 1.79. The molecule has 0 amide bonds. The van der Waals surface area contributed by atoms with Crippen molar-refractivity contribution in [3.8, 4) is 5.75 Å². The van der Waals surface area contributed by atoms with Crippen molar-refractivity contribution in [2.75, 3.05) is 7.11 Å². The molecule has 1 heterocycles. The van der Waals surface area contributed by atoms with Gasteiger partial charge < -0.3 is 10.1 Å². The van der Waals surface area contributed by atoms with Gasteiger partial charge in [0.05, 0.1) is 13.2 Å². The molecule has 2 nitrogen and oxygen atoms in total. The van der Waals surface area contributed by atoms with E-state index in [4.69, 9.17) is 4.74 Å². The Kier molecular flexibility index (Phi) is 2.80. The number of benzene rings is 2. The monoisotopic (exact) mass is 239 g/mol. The van der Waals surface area contributed by atoms with Gasteiger partial charge in [0.25, 0.3) is 0 Å². The molecule has 1 aliphatic heterocycles. The quantitative estimate of drug-likeness (QED) is 0.869. The molecular formula is C16H17NO. The second-order valence-corrected chi connectivity index (χ2v) is 4.76. The fourth-order valence-electron chi connectivity index (χ4n) is 2.66. The van der Waals surface area contributed by atoms with Crippen LogP contribution in [0.4, 0.5) is 0 Å². The number of ether oxygens (including phenoxy) is 1. The highest BCUT2D eigenvalue weighted by atomic mass is 16.5. The molecule has 0 saturated heterocycles. The van der Waals surface area contributed by atoms with Gasteiger partial charge in [-0.3, -0.25) is 0 Å². The SMILES string of the molecule is COc1ccc(C)cc1C1NCc2ccccc21. The first kappa shape index (κ1) is 11.3. The van der Waals surface area contributed by atoms with Crippen molar-refractivity contribution in [3.63, 3.8) is 0 Å². The maximum atomic E-state index is 5.49. The Balaban J connectivity index is 2.09. The van der Waals surface area contributed by atoms with E-state index >= 15 is 0 Å².